The highest BCUT2D eigenvalue weighted by Crippen LogP contribution is 2.23. The molecule has 0 unspecified atom stereocenters. The average molecular weight is 261 g/mol. The number of benzene rings is 2. The van der Waals surface area contributed by atoms with Crippen LogP contribution in [0.5, 0.6) is 5.75 Å². The van der Waals surface area contributed by atoms with Crippen molar-refractivity contribution in [1.29, 1.82) is 0 Å². The fourth-order valence-electron chi connectivity index (χ4n) is 1.70. The minimum absolute atomic E-state index is 0.371. The van der Waals surface area contributed by atoms with Crippen molar-refractivity contribution in [3.63, 3.8) is 0 Å². The standard InChI is InChI=1S/C15H13ClO2/c1-10-4-3-5-11(2)14(10)18-15(17)12-6-8-13(16)9-7-12/h3-9H,1-2H3. The quantitative estimate of drug-likeness (QED) is 0.598. The van der Waals surface area contributed by atoms with Crippen LogP contribution in [-0.4, -0.2) is 5.97 Å². The lowest BCUT2D eigenvalue weighted by Gasteiger charge is -2.10. The topological polar surface area (TPSA) is 26.3 Å². The molecule has 0 atom stereocenters. The maximum absolute atomic E-state index is 12.0. The summed E-state index contributed by atoms with van der Waals surface area (Å²) in [7, 11) is 0. The van der Waals surface area contributed by atoms with Crippen molar-refractivity contribution in [2.45, 2.75) is 13.8 Å². The van der Waals surface area contributed by atoms with Gasteiger partial charge in [-0.05, 0) is 49.2 Å². The molecule has 2 aromatic carbocycles. The molecule has 18 heavy (non-hydrogen) atoms. The van der Waals surface area contributed by atoms with Crippen LogP contribution in [0.25, 0.3) is 0 Å². The largest absolute Gasteiger partial charge is 0.422 e. The fourth-order valence-corrected chi connectivity index (χ4v) is 1.82. The number of hydrogen-bond acceptors (Lipinski definition) is 2. The monoisotopic (exact) mass is 260 g/mol. The van der Waals surface area contributed by atoms with Crippen LogP contribution in [0.15, 0.2) is 42.5 Å². The van der Waals surface area contributed by atoms with Gasteiger partial charge in [-0.1, -0.05) is 29.8 Å². The van der Waals surface area contributed by atoms with Crippen LogP contribution in [0.2, 0.25) is 5.02 Å². The molecule has 0 amide bonds. The summed E-state index contributed by atoms with van der Waals surface area (Å²) in [5.74, 6) is 0.251. The van der Waals surface area contributed by atoms with Gasteiger partial charge in [0.05, 0.1) is 5.56 Å². The van der Waals surface area contributed by atoms with Gasteiger partial charge in [-0.2, -0.15) is 0 Å². The van der Waals surface area contributed by atoms with E-state index in [0.29, 0.717) is 16.3 Å². The lowest BCUT2D eigenvalue weighted by Crippen LogP contribution is -2.10. The summed E-state index contributed by atoms with van der Waals surface area (Å²) in [5, 5.41) is 0.596. The third kappa shape index (κ3) is 2.71. The molecule has 0 radical (unpaired) electrons. The molecule has 2 aromatic rings. The number of aryl methyl sites for hydroxylation is 2. The Morgan fingerprint density at radius 2 is 1.56 bits per heavy atom. The number of carbonyl (C=O) groups excluding carboxylic acids is 1. The first-order valence-electron chi connectivity index (χ1n) is 5.62. The molecule has 0 heterocycles. The van der Waals surface area contributed by atoms with Gasteiger partial charge in [0.2, 0.25) is 0 Å². The highest BCUT2D eigenvalue weighted by atomic mass is 35.5. The molecule has 0 N–H and O–H groups in total. The second kappa shape index (κ2) is 5.23. The Bertz CT molecular complexity index is 553. The van der Waals surface area contributed by atoms with E-state index in [0.717, 1.165) is 11.1 Å². The molecular weight excluding hydrogens is 248 g/mol. The highest BCUT2D eigenvalue weighted by Gasteiger charge is 2.11. The van der Waals surface area contributed by atoms with E-state index in [-0.39, 0.29) is 5.97 Å². The predicted molar refractivity (Wildman–Crippen MR) is 72.3 cm³/mol. The first-order valence-corrected chi connectivity index (χ1v) is 5.99. The second-order valence-corrected chi connectivity index (χ2v) is 4.55. The Kier molecular flexibility index (Phi) is 3.68. The van der Waals surface area contributed by atoms with E-state index in [1.54, 1.807) is 24.3 Å². The Balaban J connectivity index is 2.24. The van der Waals surface area contributed by atoms with E-state index in [1.807, 2.05) is 32.0 Å². The van der Waals surface area contributed by atoms with Gasteiger partial charge in [0.15, 0.2) is 0 Å². The molecule has 0 bridgehead atoms. The number of para-hydroxylation sites is 1. The Morgan fingerprint density at radius 3 is 2.11 bits per heavy atom. The van der Waals surface area contributed by atoms with E-state index in [1.165, 1.54) is 0 Å². The highest BCUT2D eigenvalue weighted by molar-refractivity contribution is 6.30. The van der Waals surface area contributed by atoms with E-state index >= 15 is 0 Å². The molecular formula is C15H13ClO2. The molecule has 0 fully saturated rings. The first kappa shape index (κ1) is 12.7. The van der Waals surface area contributed by atoms with Crippen LogP contribution in [0, 0.1) is 13.8 Å². The number of ether oxygens (including phenoxy) is 1. The molecule has 0 saturated heterocycles. The average Bonchev–Trinajstić information content (AvgIpc) is 2.34. The number of esters is 1. The van der Waals surface area contributed by atoms with Gasteiger partial charge >= 0.3 is 5.97 Å². The summed E-state index contributed by atoms with van der Waals surface area (Å²) >= 11 is 5.77. The summed E-state index contributed by atoms with van der Waals surface area (Å²) in [6.45, 7) is 3.83. The molecule has 0 spiro atoms. The smallest absolute Gasteiger partial charge is 0.343 e. The summed E-state index contributed by atoms with van der Waals surface area (Å²) in [5.41, 5.74) is 2.37. The van der Waals surface area contributed by atoms with E-state index in [9.17, 15) is 4.79 Å². The molecule has 0 aliphatic heterocycles. The number of rotatable bonds is 2. The van der Waals surface area contributed by atoms with Gasteiger partial charge in [-0.3, -0.25) is 0 Å². The third-order valence-electron chi connectivity index (χ3n) is 2.68. The molecule has 2 rings (SSSR count). The Hall–Kier alpha value is -1.80. The maximum atomic E-state index is 12.0. The molecule has 2 nitrogen and oxygen atoms in total. The van der Waals surface area contributed by atoms with Crippen molar-refractivity contribution in [3.05, 3.63) is 64.2 Å². The van der Waals surface area contributed by atoms with Gasteiger partial charge in [-0.15, -0.1) is 0 Å². The summed E-state index contributed by atoms with van der Waals surface area (Å²) in [6, 6.07) is 12.4. The van der Waals surface area contributed by atoms with Crippen molar-refractivity contribution in [3.8, 4) is 5.75 Å². The summed E-state index contributed by atoms with van der Waals surface area (Å²) < 4.78 is 5.42. The fraction of sp³-hybridized carbons (Fsp3) is 0.133. The minimum Gasteiger partial charge on any atom is -0.422 e. The Labute approximate surface area is 111 Å². The van der Waals surface area contributed by atoms with Crippen molar-refractivity contribution in [2.75, 3.05) is 0 Å². The van der Waals surface area contributed by atoms with Crippen LogP contribution in [0.3, 0.4) is 0 Å². The zero-order valence-electron chi connectivity index (χ0n) is 10.2. The van der Waals surface area contributed by atoms with Crippen LogP contribution < -0.4 is 4.74 Å². The van der Waals surface area contributed by atoms with E-state index < -0.39 is 0 Å². The zero-order chi connectivity index (χ0) is 13.1. The number of halogens is 1. The van der Waals surface area contributed by atoms with Crippen molar-refractivity contribution < 1.29 is 9.53 Å². The van der Waals surface area contributed by atoms with Gasteiger partial charge in [-0.25, -0.2) is 4.79 Å². The van der Waals surface area contributed by atoms with Crippen LogP contribution >= 0.6 is 11.6 Å². The molecule has 0 saturated carbocycles. The normalized spacial score (nSPS) is 10.2. The SMILES string of the molecule is Cc1cccc(C)c1OC(=O)c1ccc(Cl)cc1. The molecule has 0 aliphatic rings. The van der Waals surface area contributed by atoms with Gasteiger partial charge in [0.25, 0.3) is 0 Å². The molecule has 92 valence electrons. The lowest BCUT2D eigenvalue weighted by atomic mass is 10.1. The van der Waals surface area contributed by atoms with Gasteiger partial charge < -0.3 is 4.74 Å². The maximum Gasteiger partial charge on any atom is 0.343 e. The lowest BCUT2D eigenvalue weighted by molar-refractivity contribution is 0.0732. The van der Waals surface area contributed by atoms with Gasteiger partial charge in [0, 0.05) is 5.02 Å². The van der Waals surface area contributed by atoms with Crippen molar-refractivity contribution in [1.82, 2.24) is 0 Å². The van der Waals surface area contributed by atoms with E-state index in [4.69, 9.17) is 16.3 Å². The predicted octanol–water partition coefficient (Wildman–Crippen LogP) is 4.18. The molecule has 3 heteroatoms. The first-order chi connectivity index (χ1) is 8.58. The van der Waals surface area contributed by atoms with Crippen molar-refractivity contribution in [2.24, 2.45) is 0 Å². The zero-order valence-corrected chi connectivity index (χ0v) is 11.0. The van der Waals surface area contributed by atoms with Crippen LogP contribution in [0.1, 0.15) is 21.5 Å². The van der Waals surface area contributed by atoms with Crippen molar-refractivity contribution >= 4 is 17.6 Å². The minimum atomic E-state index is -0.371. The van der Waals surface area contributed by atoms with E-state index in [2.05, 4.69) is 0 Å². The van der Waals surface area contributed by atoms with Crippen LogP contribution in [-0.2, 0) is 0 Å². The number of hydrogen-bond donors (Lipinski definition) is 0. The van der Waals surface area contributed by atoms with Crippen LogP contribution in [0.4, 0.5) is 0 Å². The summed E-state index contributed by atoms with van der Waals surface area (Å²) in [4.78, 5) is 12.0. The third-order valence-corrected chi connectivity index (χ3v) is 2.94. The number of carbonyl (C=O) groups is 1. The van der Waals surface area contributed by atoms with Gasteiger partial charge in [0.1, 0.15) is 5.75 Å². The molecule has 0 aromatic heterocycles. The molecule has 0 aliphatic carbocycles. The Morgan fingerprint density at radius 1 is 1.00 bits per heavy atom. The second-order valence-electron chi connectivity index (χ2n) is 4.12. The summed E-state index contributed by atoms with van der Waals surface area (Å²) in [6.07, 6.45) is 0.